The highest BCUT2D eigenvalue weighted by Gasteiger charge is 2.11. The van der Waals surface area contributed by atoms with E-state index in [2.05, 4.69) is 0 Å². The number of carboxylic acid groups (broad SMARTS) is 2. The second-order valence-electron chi connectivity index (χ2n) is 2.90. The van der Waals surface area contributed by atoms with Crippen LogP contribution in [0.25, 0.3) is 0 Å². The Bertz CT molecular complexity index is 397. The van der Waals surface area contributed by atoms with Crippen LogP contribution < -0.4 is 4.74 Å². The van der Waals surface area contributed by atoms with Crippen LogP contribution in [0.5, 0.6) is 5.75 Å². The molecule has 0 spiro atoms. The van der Waals surface area contributed by atoms with E-state index in [1.54, 1.807) is 0 Å². The number of methoxy groups -OCH3 is 1. The first kappa shape index (κ1) is 11.0. The molecule has 80 valence electrons. The summed E-state index contributed by atoms with van der Waals surface area (Å²) in [6.45, 7) is 0. The Labute approximate surface area is 85.9 Å². The predicted molar refractivity (Wildman–Crippen MR) is 51.3 cm³/mol. The average Bonchev–Trinajstić information content (AvgIpc) is 2.16. The van der Waals surface area contributed by atoms with Gasteiger partial charge in [-0.1, -0.05) is 0 Å². The summed E-state index contributed by atoms with van der Waals surface area (Å²) < 4.78 is 4.92. The molecule has 0 unspecified atom stereocenters. The smallest absolute Gasteiger partial charge is 0.335 e. The Morgan fingerprint density at radius 1 is 1.33 bits per heavy atom. The monoisotopic (exact) mass is 210 g/mol. The quantitative estimate of drug-likeness (QED) is 0.775. The van der Waals surface area contributed by atoms with Crippen LogP contribution in [-0.2, 0) is 11.2 Å². The van der Waals surface area contributed by atoms with E-state index in [1.165, 1.54) is 25.3 Å². The van der Waals surface area contributed by atoms with Gasteiger partial charge >= 0.3 is 11.9 Å². The fraction of sp³-hybridized carbons (Fsp3) is 0.200. The molecule has 1 rings (SSSR count). The van der Waals surface area contributed by atoms with Gasteiger partial charge in [-0.3, -0.25) is 4.79 Å². The van der Waals surface area contributed by atoms with Crippen molar-refractivity contribution in [2.45, 2.75) is 6.42 Å². The molecule has 5 nitrogen and oxygen atoms in total. The minimum absolute atomic E-state index is 0.0482. The van der Waals surface area contributed by atoms with Gasteiger partial charge in [-0.2, -0.15) is 0 Å². The lowest BCUT2D eigenvalue weighted by Crippen LogP contribution is -2.05. The molecule has 0 saturated carbocycles. The fourth-order valence-electron chi connectivity index (χ4n) is 1.21. The van der Waals surface area contributed by atoms with E-state index >= 15 is 0 Å². The summed E-state index contributed by atoms with van der Waals surface area (Å²) in [5.41, 5.74) is 0.400. The Balaban J connectivity index is 3.12. The molecule has 0 atom stereocenters. The summed E-state index contributed by atoms with van der Waals surface area (Å²) in [6, 6.07) is 4.11. The molecule has 0 fully saturated rings. The van der Waals surface area contributed by atoms with Crippen molar-refractivity contribution in [1.82, 2.24) is 0 Å². The molecular formula is C10H10O5. The van der Waals surface area contributed by atoms with Crippen molar-refractivity contribution < 1.29 is 24.5 Å². The van der Waals surface area contributed by atoms with E-state index < -0.39 is 11.9 Å². The number of benzene rings is 1. The van der Waals surface area contributed by atoms with Gasteiger partial charge in [0.05, 0.1) is 19.1 Å². The third-order valence-corrected chi connectivity index (χ3v) is 1.87. The summed E-state index contributed by atoms with van der Waals surface area (Å²) in [5.74, 6) is -1.75. The predicted octanol–water partition coefficient (Wildman–Crippen LogP) is 1.02. The van der Waals surface area contributed by atoms with Crippen molar-refractivity contribution in [3.8, 4) is 5.75 Å². The summed E-state index contributed by atoms with van der Waals surface area (Å²) in [4.78, 5) is 21.2. The maximum absolute atomic E-state index is 10.7. The first-order chi connectivity index (χ1) is 7.04. The molecule has 0 amide bonds. The van der Waals surface area contributed by atoms with E-state index in [-0.39, 0.29) is 12.0 Å². The highest BCUT2D eigenvalue weighted by atomic mass is 16.5. The number of hydrogen-bond donors (Lipinski definition) is 2. The second kappa shape index (κ2) is 4.45. The lowest BCUT2D eigenvalue weighted by Gasteiger charge is -2.07. The highest BCUT2D eigenvalue weighted by Crippen LogP contribution is 2.20. The van der Waals surface area contributed by atoms with Crippen LogP contribution in [0, 0.1) is 0 Å². The fourth-order valence-corrected chi connectivity index (χ4v) is 1.21. The molecule has 15 heavy (non-hydrogen) atoms. The van der Waals surface area contributed by atoms with E-state index in [1.807, 2.05) is 0 Å². The lowest BCUT2D eigenvalue weighted by atomic mass is 10.1. The average molecular weight is 210 g/mol. The molecule has 0 aliphatic rings. The van der Waals surface area contributed by atoms with Gasteiger partial charge in [-0.15, -0.1) is 0 Å². The van der Waals surface area contributed by atoms with Crippen LogP contribution in [0.3, 0.4) is 0 Å². The number of aromatic carboxylic acids is 1. The van der Waals surface area contributed by atoms with Crippen LogP contribution >= 0.6 is 0 Å². The number of ether oxygens (including phenoxy) is 1. The summed E-state index contributed by atoms with van der Waals surface area (Å²) in [7, 11) is 1.40. The standard InChI is InChI=1S/C10H10O5/c1-15-8-3-2-6(10(13)14)4-7(8)5-9(11)12/h2-4H,5H2,1H3,(H,11,12)(H,13,14). The maximum Gasteiger partial charge on any atom is 0.335 e. The van der Waals surface area contributed by atoms with Crippen molar-refractivity contribution in [2.24, 2.45) is 0 Å². The normalized spacial score (nSPS) is 9.67. The molecule has 0 radical (unpaired) electrons. The van der Waals surface area contributed by atoms with E-state index in [0.29, 0.717) is 11.3 Å². The van der Waals surface area contributed by atoms with Crippen LogP contribution in [0.1, 0.15) is 15.9 Å². The van der Waals surface area contributed by atoms with Crippen LogP contribution in [0.15, 0.2) is 18.2 Å². The van der Waals surface area contributed by atoms with E-state index in [9.17, 15) is 9.59 Å². The van der Waals surface area contributed by atoms with Crippen molar-refractivity contribution in [3.05, 3.63) is 29.3 Å². The van der Waals surface area contributed by atoms with Gasteiger partial charge in [0.15, 0.2) is 0 Å². The SMILES string of the molecule is COc1ccc(C(=O)O)cc1CC(=O)O. The Morgan fingerprint density at radius 2 is 2.00 bits per heavy atom. The molecule has 0 aromatic heterocycles. The third kappa shape index (κ3) is 2.70. The molecule has 2 N–H and O–H groups in total. The van der Waals surface area contributed by atoms with Crippen LogP contribution in [0.2, 0.25) is 0 Å². The minimum atomic E-state index is -1.09. The van der Waals surface area contributed by atoms with Crippen molar-refractivity contribution in [1.29, 1.82) is 0 Å². The first-order valence-electron chi connectivity index (χ1n) is 4.16. The molecule has 0 saturated heterocycles. The molecule has 0 aliphatic heterocycles. The number of hydrogen-bond acceptors (Lipinski definition) is 3. The van der Waals surface area contributed by atoms with Crippen molar-refractivity contribution in [2.75, 3.05) is 7.11 Å². The molecule has 5 heteroatoms. The van der Waals surface area contributed by atoms with Gasteiger partial charge in [0.1, 0.15) is 5.75 Å². The number of aliphatic carboxylic acids is 1. The molecule has 0 aliphatic carbocycles. The number of carboxylic acids is 2. The molecular weight excluding hydrogens is 200 g/mol. The molecule has 0 heterocycles. The minimum Gasteiger partial charge on any atom is -0.496 e. The lowest BCUT2D eigenvalue weighted by molar-refractivity contribution is -0.136. The zero-order valence-electron chi connectivity index (χ0n) is 8.06. The zero-order chi connectivity index (χ0) is 11.4. The topological polar surface area (TPSA) is 83.8 Å². The maximum atomic E-state index is 10.7. The summed E-state index contributed by atoms with van der Waals surface area (Å²) >= 11 is 0. The summed E-state index contributed by atoms with van der Waals surface area (Å²) in [6.07, 6.45) is -0.260. The highest BCUT2D eigenvalue weighted by molar-refractivity contribution is 5.88. The van der Waals surface area contributed by atoms with Gasteiger partial charge in [0, 0.05) is 5.56 Å². The largest absolute Gasteiger partial charge is 0.496 e. The zero-order valence-corrected chi connectivity index (χ0v) is 8.06. The third-order valence-electron chi connectivity index (χ3n) is 1.87. The van der Waals surface area contributed by atoms with Crippen LogP contribution in [0.4, 0.5) is 0 Å². The Hall–Kier alpha value is -2.04. The molecule has 1 aromatic carbocycles. The van der Waals surface area contributed by atoms with Gasteiger partial charge < -0.3 is 14.9 Å². The number of rotatable bonds is 4. The molecule has 0 bridgehead atoms. The second-order valence-corrected chi connectivity index (χ2v) is 2.90. The van der Waals surface area contributed by atoms with E-state index in [0.717, 1.165) is 0 Å². The number of carbonyl (C=O) groups is 2. The van der Waals surface area contributed by atoms with Gasteiger partial charge in [0.25, 0.3) is 0 Å². The van der Waals surface area contributed by atoms with Gasteiger partial charge in [-0.25, -0.2) is 4.79 Å². The van der Waals surface area contributed by atoms with Crippen molar-refractivity contribution >= 4 is 11.9 Å². The van der Waals surface area contributed by atoms with Crippen LogP contribution in [-0.4, -0.2) is 29.3 Å². The molecule has 1 aromatic rings. The summed E-state index contributed by atoms with van der Waals surface area (Å²) in [5, 5.41) is 17.3. The van der Waals surface area contributed by atoms with Crippen molar-refractivity contribution in [3.63, 3.8) is 0 Å². The Morgan fingerprint density at radius 3 is 2.47 bits per heavy atom. The van der Waals surface area contributed by atoms with Gasteiger partial charge in [-0.05, 0) is 18.2 Å². The Kier molecular flexibility index (Phi) is 3.28. The van der Waals surface area contributed by atoms with Gasteiger partial charge in [0.2, 0.25) is 0 Å². The first-order valence-corrected chi connectivity index (χ1v) is 4.16. The van der Waals surface area contributed by atoms with E-state index in [4.69, 9.17) is 14.9 Å².